The van der Waals surface area contributed by atoms with Gasteiger partial charge in [-0.15, -0.1) is 0 Å². The third-order valence-electron chi connectivity index (χ3n) is 3.85. The Bertz CT molecular complexity index is 968. The van der Waals surface area contributed by atoms with Crippen LogP contribution in [0.3, 0.4) is 0 Å². The third kappa shape index (κ3) is 3.86. The van der Waals surface area contributed by atoms with E-state index in [1.807, 2.05) is 30.5 Å². The summed E-state index contributed by atoms with van der Waals surface area (Å²) in [6.45, 7) is 4.99. The summed E-state index contributed by atoms with van der Waals surface area (Å²) in [5.74, 6) is 0.0556. The quantitative estimate of drug-likeness (QED) is 0.593. The Morgan fingerprint density at radius 3 is 2.68 bits per heavy atom. The van der Waals surface area contributed by atoms with Gasteiger partial charge in [0.05, 0.1) is 10.6 Å². The lowest BCUT2D eigenvalue weighted by Gasteiger charge is -2.09. The van der Waals surface area contributed by atoms with Gasteiger partial charge < -0.3 is 14.4 Å². The van der Waals surface area contributed by atoms with Crippen LogP contribution in [0, 0.1) is 0 Å². The first-order valence-electron chi connectivity index (χ1n) is 7.87. The number of allylic oxidation sites excluding steroid dienone is 2. The van der Waals surface area contributed by atoms with Gasteiger partial charge in [0.1, 0.15) is 11.5 Å². The summed E-state index contributed by atoms with van der Waals surface area (Å²) in [6.07, 6.45) is 4.22. The predicted molar refractivity (Wildman–Crippen MR) is 99.9 cm³/mol. The second-order valence-corrected chi connectivity index (χ2v) is 6.43. The molecule has 0 aliphatic carbocycles. The van der Waals surface area contributed by atoms with E-state index in [9.17, 15) is 4.79 Å². The van der Waals surface area contributed by atoms with Crippen molar-refractivity contribution in [3.8, 4) is 11.5 Å². The van der Waals surface area contributed by atoms with Crippen molar-refractivity contribution in [2.45, 2.75) is 20.4 Å². The van der Waals surface area contributed by atoms with Crippen LogP contribution in [0.1, 0.15) is 24.2 Å². The monoisotopic (exact) mass is 355 g/mol. The van der Waals surface area contributed by atoms with Gasteiger partial charge in [-0.3, -0.25) is 0 Å². The number of aromatic carboxylic acids is 1. The van der Waals surface area contributed by atoms with Crippen LogP contribution in [0.4, 0.5) is 0 Å². The molecule has 0 unspecified atom stereocenters. The number of benzene rings is 2. The molecule has 0 aliphatic rings. The van der Waals surface area contributed by atoms with Crippen molar-refractivity contribution in [2.75, 3.05) is 0 Å². The number of hydrogen-bond acceptors (Lipinski definition) is 2. The lowest BCUT2D eigenvalue weighted by molar-refractivity contribution is 0.0697. The van der Waals surface area contributed by atoms with Crippen LogP contribution in [0.15, 0.2) is 60.3 Å². The molecule has 0 radical (unpaired) electrons. The first-order chi connectivity index (χ1) is 11.9. The summed E-state index contributed by atoms with van der Waals surface area (Å²) >= 11 is 6.12. The van der Waals surface area contributed by atoms with E-state index in [-0.39, 0.29) is 10.6 Å². The fraction of sp³-hybridized carbons (Fsp3) is 0.150. The number of halogens is 1. The van der Waals surface area contributed by atoms with Gasteiger partial charge in [-0.2, -0.15) is 0 Å². The van der Waals surface area contributed by atoms with E-state index in [1.54, 1.807) is 6.07 Å². The van der Waals surface area contributed by atoms with Crippen molar-refractivity contribution in [3.63, 3.8) is 0 Å². The number of carbonyl (C=O) groups is 1. The highest BCUT2D eigenvalue weighted by atomic mass is 35.5. The minimum Gasteiger partial charge on any atom is -0.478 e. The highest BCUT2D eigenvalue weighted by molar-refractivity contribution is 6.32. The fourth-order valence-electron chi connectivity index (χ4n) is 2.53. The van der Waals surface area contributed by atoms with Crippen molar-refractivity contribution in [1.82, 2.24) is 4.57 Å². The maximum Gasteiger partial charge on any atom is 0.335 e. The molecule has 3 rings (SSSR count). The van der Waals surface area contributed by atoms with Crippen molar-refractivity contribution in [1.29, 1.82) is 0 Å². The number of carboxylic acids is 1. The molecule has 0 atom stereocenters. The Balaban J connectivity index is 1.85. The SMILES string of the molecule is CC(C)=CCn1ccc2cc(Oc3ccc(C(=O)O)cc3Cl)ccc21. The molecular formula is C20H18ClNO3. The van der Waals surface area contributed by atoms with E-state index in [0.717, 1.165) is 17.4 Å². The topological polar surface area (TPSA) is 51.5 Å². The Hall–Kier alpha value is -2.72. The van der Waals surface area contributed by atoms with Gasteiger partial charge in [-0.1, -0.05) is 23.3 Å². The summed E-state index contributed by atoms with van der Waals surface area (Å²) in [6, 6.07) is 12.3. The van der Waals surface area contributed by atoms with Crippen molar-refractivity contribution >= 4 is 28.5 Å². The molecule has 25 heavy (non-hydrogen) atoms. The van der Waals surface area contributed by atoms with E-state index >= 15 is 0 Å². The molecule has 2 aromatic carbocycles. The van der Waals surface area contributed by atoms with Gasteiger partial charge in [-0.05, 0) is 56.3 Å². The number of hydrogen-bond donors (Lipinski definition) is 1. The molecule has 5 heteroatoms. The number of aromatic nitrogens is 1. The molecule has 0 bridgehead atoms. The van der Waals surface area contributed by atoms with Gasteiger partial charge in [0.25, 0.3) is 0 Å². The van der Waals surface area contributed by atoms with Crippen LogP contribution in [-0.2, 0) is 6.54 Å². The van der Waals surface area contributed by atoms with Crippen LogP contribution in [0.2, 0.25) is 5.02 Å². The highest BCUT2D eigenvalue weighted by Gasteiger charge is 2.09. The largest absolute Gasteiger partial charge is 0.478 e. The summed E-state index contributed by atoms with van der Waals surface area (Å²) in [4.78, 5) is 11.0. The molecule has 1 aromatic heterocycles. The average molecular weight is 356 g/mol. The Labute approximate surface area is 150 Å². The standard InChI is InChI=1S/C20H18ClNO3/c1-13(2)7-9-22-10-8-14-11-16(4-5-18(14)22)25-19-6-3-15(20(23)24)12-17(19)21/h3-8,10-12H,9H2,1-2H3,(H,23,24). The molecule has 0 aliphatic heterocycles. The molecule has 4 nitrogen and oxygen atoms in total. The number of rotatable bonds is 5. The van der Waals surface area contributed by atoms with E-state index in [2.05, 4.69) is 24.5 Å². The third-order valence-corrected chi connectivity index (χ3v) is 4.14. The molecule has 0 fully saturated rings. The Morgan fingerprint density at radius 2 is 2.00 bits per heavy atom. The van der Waals surface area contributed by atoms with Crippen LogP contribution in [0.25, 0.3) is 10.9 Å². The molecule has 3 aromatic rings. The lowest BCUT2D eigenvalue weighted by Crippen LogP contribution is -1.96. The van der Waals surface area contributed by atoms with Crippen LogP contribution < -0.4 is 4.74 Å². The lowest BCUT2D eigenvalue weighted by atomic mass is 10.2. The Morgan fingerprint density at radius 1 is 1.20 bits per heavy atom. The van der Waals surface area contributed by atoms with E-state index in [1.165, 1.54) is 17.7 Å². The molecule has 0 amide bonds. The Kier molecular flexibility index (Phi) is 4.81. The van der Waals surface area contributed by atoms with Gasteiger partial charge in [-0.25, -0.2) is 4.79 Å². The van der Waals surface area contributed by atoms with E-state index in [4.69, 9.17) is 21.4 Å². The van der Waals surface area contributed by atoms with Crippen molar-refractivity contribution in [3.05, 3.63) is 70.9 Å². The first-order valence-corrected chi connectivity index (χ1v) is 8.25. The zero-order chi connectivity index (χ0) is 18.0. The summed E-state index contributed by atoms with van der Waals surface area (Å²) in [7, 11) is 0. The van der Waals surface area contributed by atoms with E-state index < -0.39 is 5.97 Å². The van der Waals surface area contributed by atoms with Crippen molar-refractivity contribution < 1.29 is 14.6 Å². The first kappa shape index (κ1) is 17.1. The maximum absolute atomic E-state index is 11.0. The second kappa shape index (κ2) is 7.03. The summed E-state index contributed by atoms with van der Waals surface area (Å²) in [5, 5.41) is 10.3. The molecular weight excluding hydrogens is 338 g/mol. The number of fused-ring (bicyclic) bond motifs is 1. The molecule has 0 saturated carbocycles. The van der Waals surface area contributed by atoms with Gasteiger partial charge >= 0.3 is 5.97 Å². The number of carboxylic acid groups (broad SMARTS) is 1. The second-order valence-electron chi connectivity index (χ2n) is 6.02. The predicted octanol–water partition coefficient (Wildman–Crippen LogP) is 5.75. The number of ether oxygens (including phenoxy) is 1. The van der Waals surface area contributed by atoms with Gasteiger partial charge in [0.15, 0.2) is 0 Å². The minimum atomic E-state index is -1.02. The highest BCUT2D eigenvalue weighted by Crippen LogP contribution is 2.32. The fourth-order valence-corrected chi connectivity index (χ4v) is 2.74. The maximum atomic E-state index is 11.0. The van der Waals surface area contributed by atoms with Crippen LogP contribution in [0.5, 0.6) is 11.5 Å². The van der Waals surface area contributed by atoms with E-state index in [0.29, 0.717) is 11.5 Å². The normalized spacial score (nSPS) is 10.7. The zero-order valence-corrected chi connectivity index (χ0v) is 14.7. The van der Waals surface area contributed by atoms with Crippen LogP contribution >= 0.6 is 11.6 Å². The molecule has 0 spiro atoms. The zero-order valence-electron chi connectivity index (χ0n) is 14.0. The minimum absolute atomic E-state index is 0.129. The van der Waals surface area contributed by atoms with Gasteiger partial charge in [0.2, 0.25) is 0 Å². The molecule has 128 valence electrons. The van der Waals surface area contributed by atoms with Gasteiger partial charge in [0, 0.05) is 23.6 Å². The van der Waals surface area contributed by atoms with Crippen molar-refractivity contribution in [2.24, 2.45) is 0 Å². The summed E-state index contributed by atoms with van der Waals surface area (Å²) in [5.41, 5.74) is 2.53. The smallest absolute Gasteiger partial charge is 0.335 e. The summed E-state index contributed by atoms with van der Waals surface area (Å²) < 4.78 is 7.98. The van der Waals surface area contributed by atoms with Crippen LogP contribution in [-0.4, -0.2) is 15.6 Å². The number of nitrogens with zero attached hydrogens (tertiary/aromatic N) is 1. The average Bonchev–Trinajstić information content (AvgIpc) is 2.97. The molecule has 1 N–H and O–H groups in total. The molecule has 0 saturated heterocycles. The molecule has 1 heterocycles.